The van der Waals surface area contributed by atoms with E-state index < -0.39 is 6.04 Å². The summed E-state index contributed by atoms with van der Waals surface area (Å²) in [6.45, 7) is 1.91. The maximum absolute atomic E-state index is 13.8. The Morgan fingerprint density at radius 2 is 1.71 bits per heavy atom. The molecule has 38 heavy (non-hydrogen) atoms. The van der Waals surface area contributed by atoms with Crippen LogP contribution >= 0.6 is 23.4 Å². The Labute approximate surface area is 229 Å². The van der Waals surface area contributed by atoms with Crippen LogP contribution in [-0.4, -0.2) is 20.7 Å². The second-order valence-electron chi connectivity index (χ2n) is 9.00. The summed E-state index contributed by atoms with van der Waals surface area (Å²) in [5.74, 6) is 1.04. The van der Waals surface area contributed by atoms with Crippen molar-refractivity contribution in [1.29, 1.82) is 0 Å². The van der Waals surface area contributed by atoms with Gasteiger partial charge in [0.15, 0.2) is 0 Å². The van der Waals surface area contributed by atoms with Gasteiger partial charge >= 0.3 is 0 Å². The van der Waals surface area contributed by atoms with Crippen molar-refractivity contribution in [3.05, 3.63) is 124 Å². The fourth-order valence-corrected chi connectivity index (χ4v) is 5.86. The Hall–Kier alpha value is -4.07. The lowest BCUT2D eigenvalue weighted by molar-refractivity contribution is -0.113. The van der Waals surface area contributed by atoms with E-state index in [4.69, 9.17) is 21.7 Å². The normalized spacial score (nSPS) is 14.7. The summed E-state index contributed by atoms with van der Waals surface area (Å²) in [5, 5.41) is 14.7. The van der Waals surface area contributed by atoms with Crippen molar-refractivity contribution in [3.63, 3.8) is 0 Å². The number of nitrogens with one attached hydrogen (secondary N) is 2. The summed E-state index contributed by atoms with van der Waals surface area (Å²) in [6.07, 6.45) is 0. The number of amides is 1. The van der Waals surface area contributed by atoms with Crippen LogP contribution in [0.5, 0.6) is 0 Å². The van der Waals surface area contributed by atoms with Crippen LogP contribution in [0.15, 0.2) is 113 Å². The van der Waals surface area contributed by atoms with E-state index in [1.54, 1.807) is 0 Å². The zero-order valence-corrected chi connectivity index (χ0v) is 22.1. The largest absolute Gasteiger partial charge is 0.328 e. The fourth-order valence-electron chi connectivity index (χ4n) is 4.74. The first-order valence-corrected chi connectivity index (χ1v) is 13.6. The zero-order valence-electron chi connectivity index (χ0n) is 20.6. The van der Waals surface area contributed by atoms with Crippen LogP contribution in [0.4, 0.5) is 11.6 Å². The second-order valence-corrected chi connectivity index (χ2v) is 10.3. The molecule has 1 aromatic heterocycles. The molecule has 4 aromatic carbocycles. The number of hydrogen-bond donors (Lipinski definition) is 2. The molecule has 6 nitrogen and oxygen atoms in total. The molecule has 2 N–H and O–H groups in total. The molecular formula is C30H24ClN5OS. The van der Waals surface area contributed by atoms with Gasteiger partial charge in [0.25, 0.3) is 5.91 Å². The van der Waals surface area contributed by atoms with Crippen molar-refractivity contribution < 1.29 is 4.79 Å². The number of hydrogen-bond acceptors (Lipinski definition) is 5. The van der Waals surface area contributed by atoms with Gasteiger partial charge in [-0.1, -0.05) is 102 Å². The molecule has 1 aliphatic heterocycles. The maximum atomic E-state index is 13.8. The Morgan fingerprint density at radius 1 is 0.974 bits per heavy atom. The highest BCUT2D eigenvalue weighted by atomic mass is 35.5. The third kappa shape index (κ3) is 4.66. The molecule has 1 atom stereocenters. The molecule has 1 amide bonds. The topological polar surface area (TPSA) is 71.8 Å². The van der Waals surface area contributed by atoms with E-state index in [0.717, 1.165) is 33.3 Å². The Kier molecular flexibility index (Phi) is 6.62. The lowest BCUT2D eigenvalue weighted by Gasteiger charge is -2.29. The van der Waals surface area contributed by atoms with E-state index in [2.05, 4.69) is 34.9 Å². The van der Waals surface area contributed by atoms with Gasteiger partial charge in [0.05, 0.1) is 5.57 Å². The van der Waals surface area contributed by atoms with Crippen molar-refractivity contribution >= 4 is 51.7 Å². The minimum Gasteiger partial charge on any atom is -0.328 e. The van der Waals surface area contributed by atoms with Gasteiger partial charge in [0.1, 0.15) is 6.04 Å². The molecule has 0 aliphatic carbocycles. The molecule has 0 saturated carbocycles. The number of fused-ring (bicyclic) bond motifs is 2. The van der Waals surface area contributed by atoms with Crippen molar-refractivity contribution in [2.24, 2.45) is 0 Å². The number of anilines is 2. The van der Waals surface area contributed by atoms with Crippen molar-refractivity contribution in [2.45, 2.75) is 23.9 Å². The summed E-state index contributed by atoms with van der Waals surface area (Å²) < 4.78 is 1.82. The summed E-state index contributed by atoms with van der Waals surface area (Å²) in [4.78, 5) is 18.5. The van der Waals surface area contributed by atoms with Crippen LogP contribution in [-0.2, 0) is 10.5 Å². The Bertz CT molecular complexity index is 1680. The van der Waals surface area contributed by atoms with Gasteiger partial charge in [-0.05, 0) is 47.0 Å². The second kappa shape index (κ2) is 10.4. The number of benzene rings is 4. The van der Waals surface area contributed by atoms with Gasteiger partial charge in [0.2, 0.25) is 11.1 Å². The summed E-state index contributed by atoms with van der Waals surface area (Å²) in [7, 11) is 0. The molecule has 0 radical (unpaired) electrons. The minimum absolute atomic E-state index is 0.189. The zero-order chi connectivity index (χ0) is 26.1. The minimum atomic E-state index is -0.469. The third-order valence-electron chi connectivity index (χ3n) is 6.54. The first-order valence-electron chi connectivity index (χ1n) is 12.2. The molecule has 2 heterocycles. The van der Waals surface area contributed by atoms with Gasteiger partial charge in [-0.15, -0.1) is 5.10 Å². The molecule has 6 rings (SSSR count). The van der Waals surface area contributed by atoms with E-state index in [9.17, 15) is 4.79 Å². The number of nitrogens with zero attached hydrogens (tertiary/aromatic N) is 3. The van der Waals surface area contributed by atoms with E-state index in [-0.39, 0.29) is 5.91 Å². The highest BCUT2D eigenvalue weighted by Crippen LogP contribution is 2.39. The summed E-state index contributed by atoms with van der Waals surface area (Å²) in [6, 6.07) is 31.1. The standard InChI is InChI=1S/C30H24ClN5OS/c1-19-26(28(37)33-22-13-3-2-4-14-22)27(24-16-9-12-20-10-5-7-15-23(20)24)36-29(32-19)34-30(35-36)38-18-21-11-6-8-17-25(21)31/h2-17,27H,18H2,1H3,(H,33,37)(H,32,34,35). The predicted octanol–water partition coefficient (Wildman–Crippen LogP) is 7.30. The number of carbonyl (C=O) groups is 1. The molecular weight excluding hydrogens is 514 g/mol. The number of carbonyl (C=O) groups excluding carboxylic acids is 1. The molecule has 0 fully saturated rings. The third-order valence-corrected chi connectivity index (χ3v) is 7.80. The molecule has 188 valence electrons. The van der Waals surface area contributed by atoms with Crippen molar-refractivity contribution in [3.8, 4) is 0 Å². The Balaban J connectivity index is 1.42. The number of aromatic nitrogens is 3. The van der Waals surface area contributed by atoms with Crippen LogP contribution in [0.25, 0.3) is 10.8 Å². The Morgan fingerprint density at radius 3 is 2.55 bits per heavy atom. The monoisotopic (exact) mass is 537 g/mol. The van der Waals surface area contributed by atoms with Crippen LogP contribution in [0, 0.1) is 0 Å². The van der Waals surface area contributed by atoms with Crippen LogP contribution in [0.1, 0.15) is 24.1 Å². The molecule has 0 bridgehead atoms. The average molecular weight is 538 g/mol. The van der Waals surface area contributed by atoms with E-state index in [0.29, 0.717) is 27.5 Å². The first kappa shape index (κ1) is 24.3. The summed E-state index contributed by atoms with van der Waals surface area (Å²) in [5.41, 5.74) is 4.05. The molecule has 8 heteroatoms. The van der Waals surface area contributed by atoms with Gasteiger partial charge in [-0.2, -0.15) is 4.98 Å². The fraction of sp³-hybridized carbons (Fsp3) is 0.100. The molecule has 1 aliphatic rings. The quantitative estimate of drug-likeness (QED) is 0.222. The molecule has 5 aromatic rings. The molecule has 0 spiro atoms. The van der Waals surface area contributed by atoms with Crippen LogP contribution < -0.4 is 10.6 Å². The van der Waals surface area contributed by atoms with E-state index in [1.165, 1.54) is 11.8 Å². The number of para-hydroxylation sites is 1. The van der Waals surface area contributed by atoms with Gasteiger partial charge < -0.3 is 10.6 Å². The highest BCUT2D eigenvalue weighted by molar-refractivity contribution is 7.98. The number of rotatable bonds is 6. The van der Waals surface area contributed by atoms with E-state index in [1.807, 2.05) is 84.4 Å². The van der Waals surface area contributed by atoms with Crippen LogP contribution in [0.3, 0.4) is 0 Å². The number of halogens is 1. The number of allylic oxidation sites excluding steroid dienone is 1. The van der Waals surface area contributed by atoms with Gasteiger partial charge in [-0.3, -0.25) is 4.79 Å². The highest BCUT2D eigenvalue weighted by Gasteiger charge is 2.35. The maximum Gasteiger partial charge on any atom is 0.255 e. The predicted molar refractivity (Wildman–Crippen MR) is 155 cm³/mol. The SMILES string of the molecule is CC1=C(C(=O)Nc2ccccc2)C(c2cccc3ccccc23)n2nc(SCc3ccccc3Cl)nc2N1. The van der Waals surface area contributed by atoms with Crippen molar-refractivity contribution in [2.75, 3.05) is 10.6 Å². The lowest BCUT2D eigenvalue weighted by Crippen LogP contribution is -2.31. The number of thioether (sulfide) groups is 1. The van der Waals surface area contributed by atoms with Crippen molar-refractivity contribution in [1.82, 2.24) is 14.8 Å². The van der Waals surface area contributed by atoms with Gasteiger partial charge in [-0.25, -0.2) is 4.68 Å². The van der Waals surface area contributed by atoms with Gasteiger partial charge in [0, 0.05) is 22.2 Å². The first-order chi connectivity index (χ1) is 18.6. The summed E-state index contributed by atoms with van der Waals surface area (Å²) >= 11 is 7.88. The lowest BCUT2D eigenvalue weighted by atomic mass is 9.91. The molecule has 1 unspecified atom stereocenters. The average Bonchev–Trinajstić information content (AvgIpc) is 3.34. The van der Waals surface area contributed by atoms with E-state index >= 15 is 0 Å². The molecule has 0 saturated heterocycles. The smallest absolute Gasteiger partial charge is 0.255 e. The van der Waals surface area contributed by atoms with Crippen LogP contribution in [0.2, 0.25) is 5.02 Å².